The molecule has 1 aromatic carbocycles. The van der Waals surface area contributed by atoms with Crippen LogP contribution in [0.1, 0.15) is 85.6 Å². The van der Waals surface area contributed by atoms with Gasteiger partial charge in [0.05, 0.1) is 5.56 Å². The maximum Gasteiger partial charge on any atom is 0.263 e. The van der Waals surface area contributed by atoms with Crippen molar-refractivity contribution < 1.29 is 9.59 Å². The van der Waals surface area contributed by atoms with E-state index in [-0.39, 0.29) is 17.0 Å². The molecule has 0 spiro atoms. The van der Waals surface area contributed by atoms with Gasteiger partial charge in [-0.15, -0.1) is 0 Å². The first-order valence-electron chi connectivity index (χ1n) is 11.9. The van der Waals surface area contributed by atoms with Crippen molar-refractivity contribution in [1.82, 2.24) is 14.8 Å². The Hall–Kier alpha value is -2.89. The summed E-state index contributed by atoms with van der Waals surface area (Å²) < 4.78 is 1.52. The van der Waals surface area contributed by atoms with Crippen LogP contribution in [0.15, 0.2) is 47.4 Å². The molecule has 2 amide bonds. The Morgan fingerprint density at radius 1 is 0.938 bits per heavy atom. The average Bonchev–Trinajstić information content (AvgIpc) is 2.82. The second-order valence-electron chi connectivity index (χ2n) is 8.16. The third-order valence-electron chi connectivity index (χ3n) is 5.48. The molecule has 0 aliphatic carbocycles. The lowest BCUT2D eigenvalue weighted by Gasteiger charge is -2.23. The number of amides is 2. The molecule has 1 heterocycles. The Labute approximate surface area is 191 Å². The first-order valence-corrected chi connectivity index (χ1v) is 11.9. The zero-order valence-corrected chi connectivity index (χ0v) is 19.7. The molecule has 0 fully saturated rings. The summed E-state index contributed by atoms with van der Waals surface area (Å²) in [4.78, 5) is 41.1. The molecule has 32 heavy (non-hydrogen) atoms. The highest BCUT2D eigenvalue weighted by Gasteiger charge is 2.21. The van der Waals surface area contributed by atoms with Crippen molar-refractivity contribution in [3.05, 3.63) is 69.6 Å². The Bertz CT molecular complexity index is 914. The van der Waals surface area contributed by atoms with Gasteiger partial charge >= 0.3 is 0 Å². The standard InChI is InChI=1S/C26H37N3O3/c1-4-7-15-28(16-8-5-2)25(31)22-18-23(26(32)29(20-22)17-9-6-3)24(30)27-19-21-13-11-10-12-14-21/h10-14,18,20H,4-9,15-17,19H2,1-3H3,(H,27,30). The Morgan fingerprint density at radius 2 is 1.56 bits per heavy atom. The third kappa shape index (κ3) is 7.36. The molecule has 174 valence electrons. The third-order valence-corrected chi connectivity index (χ3v) is 5.48. The van der Waals surface area contributed by atoms with E-state index in [0.717, 1.165) is 44.1 Å². The van der Waals surface area contributed by atoms with Gasteiger partial charge in [0.1, 0.15) is 5.56 Å². The number of aromatic nitrogens is 1. The number of hydrogen-bond acceptors (Lipinski definition) is 3. The van der Waals surface area contributed by atoms with Gasteiger partial charge in [0, 0.05) is 32.4 Å². The van der Waals surface area contributed by atoms with E-state index in [1.54, 1.807) is 6.20 Å². The summed E-state index contributed by atoms with van der Waals surface area (Å²) in [5.41, 5.74) is 1.02. The molecule has 1 N–H and O–H groups in total. The number of nitrogens with one attached hydrogen (secondary N) is 1. The maximum absolute atomic E-state index is 13.3. The van der Waals surface area contributed by atoms with Gasteiger partial charge in [0.25, 0.3) is 17.4 Å². The summed E-state index contributed by atoms with van der Waals surface area (Å²) in [5, 5.41) is 2.83. The molecule has 0 bridgehead atoms. The number of rotatable bonds is 13. The van der Waals surface area contributed by atoms with Gasteiger partial charge in [-0.25, -0.2) is 0 Å². The minimum Gasteiger partial charge on any atom is -0.348 e. The molecule has 0 atom stereocenters. The smallest absolute Gasteiger partial charge is 0.263 e. The first-order chi connectivity index (χ1) is 15.5. The SMILES string of the molecule is CCCCN(CCCC)C(=O)c1cc(C(=O)NCc2ccccc2)c(=O)n(CCCC)c1. The average molecular weight is 440 g/mol. The summed E-state index contributed by atoms with van der Waals surface area (Å²) in [5.74, 6) is -0.568. The van der Waals surface area contributed by atoms with Gasteiger partial charge in [-0.05, 0) is 30.9 Å². The van der Waals surface area contributed by atoms with E-state index in [1.807, 2.05) is 42.2 Å². The van der Waals surface area contributed by atoms with E-state index in [9.17, 15) is 14.4 Å². The Balaban J connectivity index is 2.34. The fourth-order valence-electron chi connectivity index (χ4n) is 3.48. The van der Waals surface area contributed by atoms with Crippen LogP contribution in [-0.2, 0) is 13.1 Å². The molecule has 1 aromatic heterocycles. The molecule has 0 aliphatic rings. The summed E-state index contributed by atoms with van der Waals surface area (Å²) in [6.45, 7) is 8.42. The van der Waals surface area contributed by atoms with Gasteiger partial charge in [-0.2, -0.15) is 0 Å². The maximum atomic E-state index is 13.3. The molecule has 2 rings (SSSR count). The minimum atomic E-state index is -0.451. The monoisotopic (exact) mass is 439 g/mol. The number of aryl methyl sites for hydroxylation is 1. The van der Waals surface area contributed by atoms with Crippen LogP contribution in [0, 0.1) is 0 Å². The molecule has 0 aliphatic heterocycles. The summed E-state index contributed by atoms with van der Waals surface area (Å²) >= 11 is 0. The topological polar surface area (TPSA) is 71.4 Å². The van der Waals surface area contributed by atoms with Crippen LogP contribution in [-0.4, -0.2) is 34.4 Å². The van der Waals surface area contributed by atoms with E-state index in [1.165, 1.54) is 10.6 Å². The fraction of sp³-hybridized carbons (Fsp3) is 0.500. The van der Waals surface area contributed by atoms with Crippen LogP contribution >= 0.6 is 0 Å². The van der Waals surface area contributed by atoms with Crippen LogP contribution in [0.2, 0.25) is 0 Å². The zero-order chi connectivity index (χ0) is 23.3. The van der Waals surface area contributed by atoms with Crippen molar-refractivity contribution in [3.8, 4) is 0 Å². The molecule has 0 saturated carbocycles. The molecule has 0 saturated heterocycles. The molecular weight excluding hydrogens is 402 g/mol. The van der Waals surface area contributed by atoms with Crippen molar-refractivity contribution >= 4 is 11.8 Å². The number of carbonyl (C=O) groups excluding carboxylic acids is 2. The number of carbonyl (C=O) groups is 2. The number of pyridine rings is 1. The highest BCUT2D eigenvalue weighted by molar-refractivity contribution is 5.99. The molecule has 0 unspecified atom stereocenters. The predicted octanol–water partition coefficient (Wildman–Crippen LogP) is 4.62. The lowest BCUT2D eigenvalue weighted by molar-refractivity contribution is 0.0750. The van der Waals surface area contributed by atoms with Crippen molar-refractivity contribution in [3.63, 3.8) is 0 Å². The second-order valence-corrected chi connectivity index (χ2v) is 8.16. The Kier molecular flexibility index (Phi) is 10.7. The van der Waals surface area contributed by atoms with Gasteiger partial charge < -0.3 is 14.8 Å². The van der Waals surface area contributed by atoms with Crippen LogP contribution < -0.4 is 10.9 Å². The van der Waals surface area contributed by atoms with Gasteiger partial charge in [-0.1, -0.05) is 70.4 Å². The lowest BCUT2D eigenvalue weighted by atomic mass is 10.1. The van der Waals surface area contributed by atoms with Crippen LogP contribution in [0.25, 0.3) is 0 Å². The zero-order valence-electron chi connectivity index (χ0n) is 19.7. The van der Waals surface area contributed by atoms with E-state index < -0.39 is 5.91 Å². The van der Waals surface area contributed by atoms with E-state index in [0.29, 0.717) is 31.7 Å². The number of nitrogens with zero attached hydrogens (tertiary/aromatic N) is 2. The highest BCUT2D eigenvalue weighted by Crippen LogP contribution is 2.10. The molecular formula is C26H37N3O3. The molecule has 6 heteroatoms. The first kappa shape index (κ1) is 25.4. The largest absolute Gasteiger partial charge is 0.348 e. The van der Waals surface area contributed by atoms with Gasteiger partial charge in [-0.3, -0.25) is 14.4 Å². The second kappa shape index (κ2) is 13.5. The van der Waals surface area contributed by atoms with Gasteiger partial charge in [0.15, 0.2) is 0 Å². The summed E-state index contributed by atoms with van der Waals surface area (Å²) in [6, 6.07) is 11.0. The molecule has 2 aromatic rings. The lowest BCUT2D eigenvalue weighted by Crippen LogP contribution is -2.37. The molecule has 0 radical (unpaired) electrons. The summed E-state index contributed by atoms with van der Waals surface area (Å²) in [7, 11) is 0. The number of hydrogen-bond donors (Lipinski definition) is 1. The highest BCUT2D eigenvalue weighted by atomic mass is 16.2. The van der Waals surface area contributed by atoms with E-state index >= 15 is 0 Å². The van der Waals surface area contributed by atoms with Crippen LogP contribution in [0.3, 0.4) is 0 Å². The van der Waals surface area contributed by atoms with Crippen molar-refractivity contribution in [2.24, 2.45) is 0 Å². The number of unbranched alkanes of at least 4 members (excludes halogenated alkanes) is 3. The van der Waals surface area contributed by atoms with Crippen molar-refractivity contribution in [2.75, 3.05) is 13.1 Å². The Morgan fingerprint density at radius 3 is 2.16 bits per heavy atom. The van der Waals surface area contributed by atoms with Crippen LogP contribution in [0.5, 0.6) is 0 Å². The predicted molar refractivity (Wildman–Crippen MR) is 129 cm³/mol. The van der Waals surface area contributed by atoms with E-state index in [4.69, 9.17) is 0 Å². The van der Waals surface area contributed by atoms with Crippen LogP contribution in [0.4, 0.5) is 0 Å². The van der Waals surface area contributed by atoms with Crippen molar-refractivity contribution in [2.45, 2.75) is 72.4 Å². The van der Waals surface area contributed by atoms with Crippen molar-refractivity contribution in [1.29, 1.82) is 0 Å². The minimum absolute atomic E-state index is 0.0221. The normalized spacial score (nSPS) is 10.7. The van der Waals surface area contributed by atoms with Gasteiger partial charge in [0.2, 0.25) is 0 Å². The summed E-state index contributed by atoms with van der Waals surface area (Å²) in [6.07, 6.45) is 7.19. The fourth-order valence-corrected chi connectivity index (χ4v) is 3.48. The quantitative estimate of drug-likeness (QED) is 0.495. The number of benzene rings is 1. The van der Waals surface area contributed by atoms with E-state index in [2.05, 4.69) is 19.2 Å². The molecule has 6 nitrogen and oxygen atoms in total.